The number of amides is 1. The third-order valence-corrected chi connectivity index (χ3v) is 4.33. The molecule has 0 atom stereocenters. The maximum atomic E-state index is 11.9. The molecule has 3 rings (SSSR count). The molecule has 0 radical (unpaired) electrons. The zero-order valence-electron chi connectivity index (χ0n) is 12.8. The standard InChI is InChI=1S/C17H13N3O4S/c21-14(22)9-20-17(24)15-16(23)13-2-1-12(7-10(13)8-19-15)25-11-3-5-18-6-4-11/h1-8,23H,9H2,(H,20,24)(H,21,22). The van der Waals surface area contributed by atoms with E-state index in [1.807, 2.05) is 24.3 Å². The molecular formula is C17H13N3O4S. The summed E-state index contributed by atoms with van der Waals surface area (Å²) in [5, 5.41) is 22.2. The van der Waals surface area contributed by atoms with Crippen LogP contribution >= 0.6 is 11.8 Å². The summed E-state index contributed by atoms with van der Waals surface area (Å²) in [6.45, 7) is -0.542. The Hall–Kier alpha value is -3.13. The molecule has 0 aliphatic rings. The monoisotopic (exact) mass is 355 g/mol. The first kappa shape index (κ1) is 16.7. The molecular weight excluding hydrogens is 342 g/mol. The smallest absolute Gasteiger partial charge is 0.322 e. The number of nitrogens with zero attached hydrogens (tertiary/aromatic N) is 2. The molecule has 3 N–H and O–H groups in total. The Bertz CT molecular complexity index is 947. The molecule has 0 saturated heterocycles. The number of hydrogen-bond acceptors (Lipinski definition) is 6. The van der Waals surface area contributed by atoms with Crippen LogP contribution in [0.4, 0.5) is 0 Å². The van der Waals surface area contributed by atoms with Gasteiger partial charge in [-0.25, -0.2) is 4.98 Å². The lowest BCUT2D eigenvalue weighted by atomic mass is 10.1. The molecule has 3 aromatic rings. The molecule has 126 valence electrons. The number of carbonyl (C=O) groups excluding carboxylic acids is 1. The van der Waals surface area contributed by atoms with Crippen LogP contribution in [-0.4, -0.2) is 38.6 Å². The van der Waals surface area contributed by atoms with Gasteiger partial charge in [-0.1, -0.05) is 11.8 Å². The highest BCUT2D eigenvalue weighted by Crippen LogP contribution is 2.33. The van der Waals surface area contributed by atoms with E-state index in [2.05, 4.69) is 15.3 Å². The highest BCUT2D eigenvalue weighted by atomic mass is 32.2. The lowest BCUT2D eigenvalue weighted by Gasteiger charge is -2.08. The Morgan fingerprint density at radius 1 is 1.12 bits per heavy atom. The van der Waals surface area contributed by atoms with Crippen LogP contribution in [0.15, 0.2) is 58.7 Å². The normalized spacial score (nSPS) is 10.6. The summed E-state index contributed by atoms with van der Waals surface area (Å²) in [6, 6.07) is 9.16. The van der Waals surface area contributed by atoms with E-state index >= 15 is 0 Å². The van der Waals surface area contributed by atoms with Crippen LogP contribution in [0.2, 0.25) is 0 Å². The van der Waals surface area contributed by atoms with Gasteiger partial charge in [-0.05, 0) is 30.3 Å². The Labute approximate surface area is 146 Å². The zero-order chi connectivity index (χ0) is 17.8. The van der Waals surface area contributed by atoms with Gasteiger partial charge in [0.15, 0.2) is 11.4 Å². The number of carboxylic acids is 1. The quantitative estimate of drug-likeness (QED) is 0.644. The average molecular weight is 355 g/mol. The molecule has 0 fully saturated rings. The van der Waals surface area contributed by atoms with Crippen molar-refractivity contribution in [2.45, 2.75) is 9.79 Å². The van der Waals surface area contributed by atoms with Gasteiger partial charge in [-0.2, -0.15) is 0 Å². The fourth-order valence-corrected chi connectivity index (χ4v) is 3.05. The van der Waals surface area contributed by atoms with E-state index in [4.69, 9.17) is 5.11 Å². The van der Waals surface area contributed by atoms with Crippen molar-refractivity contribution in [3.63, 3.8) is 0 Å². The third-order valence-electron chi connectivity index (χ3n) is 3.34. The molecule has 0 spiro atoms. The number of hydrogen-bond donors (Lipinski definition) is 3. The Morgan fingerprint density at radius 3 is 2.60 bits per heavy atom. The van der Waals surface area contributed by atoms with Gasteiger partial charge in [0.05, 0.1) is 0 Å². The number of aromatic hydroxyl groups is 1. The van der Waals surface area contributed by atoms with Crippen molar-refractivity contribution in [2.24, 2.45) is 0 Å². The second kappa shape index (κ2) is 7.18. The van der Waals surface area contributed by atoms with Gasteiger partial charge in [-0.3, -0.25) is 14.6 Å². The van der Waals surface area contributed by atoms with E-state index in [0.717, 1.165) is 9.79 Å². The first-order chi connectivity index (χ1) is 12.0. The molecule has 0 saturated carbocycles. The molecule has 0 bridgehead atoms. The summed E-state index contributed by atoms with van der Waals surface area (Å²) < 4.78 is 0. The molecule has 2 heterocycles. The summed E-state index contributed by atoms with van der Waals surface area (Å²) in [6.07, 6.45) is 4.89. The lowest BCUT2D eigenvalue weighted by molar-refractivity contribution is -0.135. The highest BCUT2D eigenvalue weighted by Gasteiger charge is 2.16. The average Bonchev–Trinajstić information content (AvgIpc) is 2.61. The third kappa shape index (κ3) is 3.86. The number of fused-ring (bicyclic) bond motifs is 1. The van der Waals surface area contributed by atoms with Crippen molar-refractivity contribution >= 4 is 34.4 Å². The number of aromatic nitrogens is 2. The van der Waals surface area contributed by atoms with Gasteiger partial charge in [-0.15, -0.1) is 0 Å². The fraction of sp³-hybridized carbons (Fsp3) is 0.0588. The predicted octanol–water partition coefficient (Wildman–Crippen LogP) is 2.30. The Kier molecular flexibility index (Phi) is 4.80. The van der Waals surface area contributed by atoms with E-state index in [1.165, 1.54) is 18.0 Å². The Balaban J connectivity index is 1.88. The first-order valence-corrected chi connectivity index (χ1v) is 8.06. The van der Waals surface area contributed by atoms with E-state index < -0.39 is 18.4 Å². The largest absolute Gasteiger partial charge is 0.505 e. The maximum absolute atomic E-state index is 11.9. The minimum absolute atomic E-state index is 0.205. The van der Waals surface area contributed by atoms with Crippen molar-refractivity contribution in [2.75, 3.05) is 6.54 Å². The summed E-state index contributed by atoms with van der Waals surface area (Å²) in [4.78, 5) is 32.3. The van der Waals surface area contributed by atoms with Crippen LogP contribution in [0.5, 0.6) is 5.75 Å². The van der Waals surface area contributed by atoms with Crippen LogP contribution in [0, 0.1) is 0 Å². The second-order valence-electron chi connectivity index (χ2n) is 5.07. The van der Waals surface area contributed by atoms with Gasteiger partial charge >= 0.3 is 5.97 Å². The molecule has 2 aromatic heterocycles. The van der Waals surface area contributed by atoms with Crippen molar-refractivity contribution < 1.29 is 19.8 Å². The topological polar surface area (TPSA) is 112 Å². The molecule has 25 heavy (non-hydrogen) atoms. The minimum Gasteiger partial charge on any atom is -0.505 e. The van der Waals surface area contributed by atoms with Crippen molar-refractivity contribution in [1.82, 2.24) is 15.3 Å². The van der Waals surface area contributed by atoms with Gasteiger partial charge < -0.3 is 15.5 Å². The molecule has 1 amide bonds. The van der Waals surface area contributed by atoms with Crippen molar-refractivity contribution in [1.29, 1.82) is 0 Å². The summed E-state index contributed by atoms with van der Waals surface area (Å²) >= 11 is 1.54. The van der Waals surface area contributed by atoms with E-state index in [0.29, 0.717) is 10.8 Å². The summed E-state index contributed by atoms with van der Waals surface area (Å²) in [5.74, 6) is -2.19. The van der Waals surface area contributed by atoms with Gasteiger partial charge in [0, 0.05) is 39.2 Å². The maximum Gasteiger partial charge on any atom is 0.322 e. The van der Waals surface area contributed by atoms with Crippen LogP contribution < -0.4 is 5.32 Å². The van der Waals surface area contributed by atoms with Crippen LogP contribution in [-0.2, 0) is 4.79 Å². The van der Waals surface area contributed by atoms with Crippen LogP contribution in [0.3, 0.4) is 0 Å². The van der Waals surface area contributed by atoms with E-state index in [1.54, 1.807) is 18.5 Å². The van der Waals surface area contributed by atoms with Crippen LogP contribution in [0.25, 0.3) is 10.8 Å². The fourth-order valence-electron chi connectivity index (χ4n) is 2.20. The predicted molar refractivity (Wildman–Crippen MR) is 91.7 cm³/mol. The SMILES string of the molecule is O=C(O)CNC(=O)c1ncc2cc(Sc3ccncc3)ccc2c1O. The number of benzene rings is 1. The summed E-state index contributed by atoms with van der Waals surface area (Å²) in [5.41, 5.74) is -0.205. The van der Waals surface area contributed by atoms with Crippen molar-refractivity contribution in [3.05, 3.63) is 54.6 Å². The van der Waals surface area contributed by atoms with E-state index in [-0.39, 0.29) is 11.4 Å². The van der Waals surface area contributed by atoms with E-state index in [9.17, 15) is 14.7 Å². The summed E-state index contributed by atoms with van der Waals surface area (Å²) in [7, 11) is 0. The number of carboxylic acid groups (broad SMARTS) is 1. The van der Waals surface area contributed by atoms with Gasteiger partial charge in [0.25, 0.3) is 5.91 Å². The molecule has 0 aliphatic heterocycles. The number of carbonyl (C=O) groups is 2. The lowest BCUT2D eigenvalue weighted by Crippen LogP contribution is -2.29. The number of pyridine rings is 2. The molecule has 0 aliphatic carbocycles. The number of nitrogens with one attached hydrogen (secondary N) is 1. The number of rotatable bonds is 5. The first-order valence-electron chi connectivity index (χ1n) is 7.24. The molecule has 8 heteroatoms. The van der Waals surface area contributed by atoms with Crippen LogP contribution in [0.1, 0.15) is 10.5 Å². The molecule has 1 aromatic carbocycles. The highest BCUT2D eigenvalue weighted by molar-refractivity contribution is 7.99. The second-order valence-corrected chi connectivity index (χ2v) is 6.21. The number of aliphatic carboxylic acids is 1. The van der Waals surface area contributed by atoms with Gasteiger partial charge in [0.1, 0.15) is 6.54 Å². The Morgan fingerprint density at radius 2 is 1.88 bits per heavy atom. The zero-order valence-corrected chi connectivity index (χ0v) is 13.7. The van der Waals surface area contributed by atoms with Crippen molar-refractivity contribution in [3.8, 4) is 5.75 Å². The minimum atomic E-state index is -1.17. The van der Waals surface area contributed by atoms with Gasteiger partial charge in [0.2, 0.25) is 0 Å². The molecule has 7 nitrogen and oxygen atoms in total. The molecule has 0 unspecified atom stereocenters.